The maximum Gasteiger partial charge on any atom is 0.287 e. The van der Waals surface area contributed by atoms with E-state index in [0.29, 0.717) is 24.7 Å². The zero-order valence-corrected chi connectivity index (χ0v) is 14.5. The zero-order chi connectivity index (χ0) is 17.4. The zero-order valence-electron chi connectivity index (χ0n) is 14.5. The summed E-state index contributed by atoms with van der Waals surface area (Å²) in [6.07, 6.45) is 3.34. The Bertz CT molecular complexity index is 637. The number of amides is 1. The standard InChI is InChI=1S/C19H25NO4/c1-4-10-22-16-9-8-15(13-18(16)23-11-5-2)14(3)20-19(21)17-7-6-12-24-17/h6-9,12-14H,4-5,10-11H2,1-3H3,(H,20,21). The van der Waals surface area contributed by atoms with Crippen LogP contribution in [0.1, 0.15) is 55.8 Å². The van der Waals surface area contributed by atoms with Gasteiger partial charge in [0.1, 0.15) is 0 Å². The third kappa shape index (κ3) is 4.78. The van der Waals surface area contributed by atoms with Crippen LogP contribution in [0.2, 0.25) is 0 Å². The van der Waals surface area contributed by atoms with Gasteiger partial charge in [-0.1, -0.05) is 19.9 Å². The highest BCUT2D eigenvalue weighted by Gasteiger charge is 2.15. The molecule has 0 aliphatic heterocycles. The summed E-state index contributed by atoms with van der Waals surface area (Å²) in [5.74, 6) is 1.50. The SMILES string of the molecule is CCCOc1ccc(C(C)NC(=O)c2ccco2)cc1OCCC. The molecule has 0 saturated heterocycles. The smallest absolute Gasteiger partial charge is 0.287 e. The van der Waals surface area contributed by atoms with Crippen molar-refractivity contribution < 1.29 is 18.7 Å². The molecule has 1 atom stereocenters. The third-order valence-electron chi connectivity index (χ3n) is 3.48. The van der Waals surface area contributed by atoms with Gasteiger partial charge in [0.15, 0.2) is 17.3 Å². The second kappa shape index (κ2) is 9.01. The number of hydrogen-bond acceptors (Lipinski definition) is 4. The first-order valence-electron chi connectivity index (χ1n) is 8.39. The molecule has 5 heteroatoms. The molecule has 5 nitrogen and oxygen atoms in total. The number of ether oxygens (including phenoxy) is 2. The van der Waals surface area contributed by atoms with Crippen molar-refractivity contribution >= 4 is 5.91 Å². The Morgan fingerprint density at radius 1 is 1.12 bits per heavy atom. The van der Waals surface area contributed by atoms with Gasteiger partial charge in [-0.3, -0.25) is 4.79 Å². The number of carbonyl (C=O) groups is 1. The molecule has 0 radical (unpaired) electrons. The van der Waals surface area contributed by atoms with E-state index in [1.165, 1.54) is 6.26 Å². The molecule has 2 aromatic rings. The molecule has 0 bridgehead atoms. The number of carbonyl (C=O) groups excluding carboxylic acids is 1. The predicted molar refractivity (Wildman–Crippen MR) is 92.6 cm³/mol. The van der Waals surface area contributed by atoms with Crippen LogP contribution in [0.25, 0.3) is 0 Å². The summed E-state index contributed by atoms with van der Waals surface area (Å²) >= 11 is 0. The molecule has 1 heterocycles. The van der Waals surface area contributed by atoms with Crippen LogP contribution >= 0.6 is 0 Å². The van der Waals surface area contributed by atoms with Gasteiger partial charge in [0.2, 0.25) is 0 Å². The monoisotopic (exact) mass is 331 g/mol. The number of rotatable bonds is 9. The summed E-state index contributed by atoms with van der Waals surface area (Å²) in [4.78, 5) is 12.1. The molecule has 0 spiro atoms. The van der Waals surface area contributed by atoms with Crippen LogP contribution < -0.4 is 14.8 Å². The van der Waals surface area contributed by atoms with Gasteiger partial charge in [0.25, 0.3) is 5.91 Å². The average molecular weight is 331 g/mol. The average Bonchev–Trinajstić information content (AvgIpc) is 3.13. The molecule has 2 rings (SSSR count). The van der Waals surface area contributed by atoms with Crippen LogP contribution in [0.3, 0.4) is 0 Å². The first kappa shape index (κ1) is 17.9. The highest BCUT2D eigenvalue weighted by atomic mass is 16.5. The molecule has 0 aliphatic carbocycles. The van der Waals surface area contributed by atoms with Gasteiger partial charge in [-0.05, 0) is 49.6 Å². The van der Waals surface area contributed by atoms with Gasteiger partial charge in [-0.2, -0.15) is 0 Å². The summed E-state index contributed by atoms with van der Waals surface area (Å²) in [5.41, 5.74) is 0.949. The highest BCUT2D eigenvalue weighted by Crippen LogP contribution is 2.31. The molecule has 1 aromatic carbocycles. The lowest BCUT2D eigenvalue weighted by Gasteiger charge is -2.17. The summed E-state index contributed by atoms with van der Waals surface area (Å²) in [6.45, 7) is 7.31. The first-order chi connectivity index (χ1) is 11.7. The van der Waals surface area contributed by atoms with Gasteiger partial charge in [0.05, 0.1) is 25.5 Å². The van der Waals surface area contributed by atoms with Crippen molar-refractivity contribution in [1.82, 2.24) is 5.32 Å². The van der Waals surface area contributed by atoms with E-state index in [9.17, 15) is 4.79 Å². The lowest BCUT2D eigenvalue weighted by Crippen LogP contribution is -2.26. The fourth-order valence-electron chi connectivity index (χ4n) is 2.21. The molecule has 0 aliphatic rings. The van der Waals surface area contributed by atoms with Crippen LogP contribution in [0, 0.1) is 0 Å². The minimum Gasteiger partial charge on any atom is -0.490 e. The minimum atomic E-state index is -0.241. The highest BCUT2D eigenvalue weighted by molar-refractivity contribution is 5.91. The molecule has 0 fully saturated rings. The molecule has 1 aromatic heterocycles. The van der Waals surface area contributed by atoms with Crippen LogP contribution in [0.5, 0.6) is 11.5 Å². The van der Waals surface area contributed by atoms with E-state index in [4.69, 9.17) is 13.9 Å². The number of furan rings is 1. The topological polar surface area (TPSA) is 60.7 Å². The van der Waals surface area contributed by atoms with E-state index in [2.05, 4.69) is 19.2 Å². The Morgan fingerprint density at radius 2 is 1.83 bits per heavy atom. The largest absolute Gasteiger partial charge is 0.490 e. The Morgan fingerprint density at radius 3 is 2.46 bits per heavy atom. The molecule has 24 heavy (non-hydrogen) atoms. The summed E-state index contributed by atoms with van der Waals surface area (Å²) in [5, 5.41) is 2.92. The maximum absolute atomic E-state index is 12.1. The van der Waals surface area contributed by atoms with Gasteiger partial charge in [-0.15, -0.1) is 0 Å². The van der Waals surface area contributed by atoms with Crippen molar-refractivity contribution in [2.45, 2.75) is 39.7 Å². The fraction of sp³-hybridized carbons (Fsp3) is 0.421. The van der Waals surface area contributed by atoms with E-state index in [1.54, 1.807) is 12.1 Å². The summed E-state index contributed by atoms with van der Waals surface area (Å²) in [7, 11) is 0. The second-order valence-electron chi connectivity index (χ2n) is 5.58. The lowest BCUT2D eigenvalue weighted by molar-refractivity contribution is 0.0912. The quantitative estimate of drug-likeness (QED) is 0.742. The molecular formula is C19H25NO4. The van der Waals surface area contributed by atoms with Gasteiger partial charge in [0, 0.05) is 0 Å². The van der Waals surface area contributed by atoms with E-state index in [-0.39, 0.29) is 11.9 Å². The Balaban J connectivity index is 2.11. The Labute approximate surface area is 143 Å². The number of nitrogens with one attached hydrogen (secondary N) is 1. The van der Waals surface area contributed by atoms with E-state index >= 15 is 0 Å². The van der Waals surface area contributed by atoms with Gasteiger partial charge in [-0.25, -0.2) is 0 Å². The van der Waals surface area contributed by atoms with Crippen molar-refractivity contribution in [3.8, 4) is 11.5 Å². The molecule has 1 unspecified atom stereocenters. The predicted octanol–water partition coefficient (Wildman–Crippen LogP) is 4.35. The summed E-state index contributed by atoms with van der Waals surface area (Å²) < 4.78 is 16.6. The van der Waals surface area contributed by atoms with Crippen LogP contribution in [-0.2, 0) is 0 Å². The Kier molecular flexibility index (Phi) is 6.73. The van der Waals surface area contributed by atoms with Crippen molar-refractivity contribution in [2.24, 2.45) is 0 Å². The molecule has 0 saturated carbocycles. The minimum absolute atomic E-state index is 0.174. The van der Waals surface area contributed by atoms with E-state index in [1.807, 2.05) is 25.1 Å². The van der Waals surface area contributed by atoms with Crippen LogP contribution in [0.15, 0.2) is 41.0 Å². The third-order valence-corrected chi connectivity index (χ3v) is 3.48. The Hall–Kier alpha value is -2.43. The first-order valence-corrected chi connectivity index (χ1v) is 8.39. The molecular weight excluding hydrogens is 306 g/mol. The summed E-state index contributed by atoms with van der Waals surface area (Å²) in [6, 6.07) is 8.91. The normalized spacial score (nSPS) is 11.8. The molecule has 1 amide bonds. The number of hydrogen-bond donors (Lipinski definition) is 1. The van der Waals surface area contributed by atoms with Gasteiger partial charge >= 0.3 is 0 Å². The van der Waals surface area contributed by atoms with Crippen LogP contribution in [-0.4, -0.2) is 19.1 Å². The van der Waals surface area contributed by atoms with Crippen molar-refractivity contribution in [3.05, 3.63) is 47.9 Å². The fourth-order valence-corrected chi connectivity index (χ4v) is 2.21. The second-order valence-corrected chi connectivity index (χ2v) is 5.58. The maximum atomic E-state index is 12.1. The number of benzene rings is 1. The van der Waals surface area contributed by atoms with Crippen molar-refractivity contribution in [1.29, 1.82) is 0 Å². The lowest BCUT2D eigenvalue weighted by atomic mass is 10.1. The van der Waals surface area contributed by atoms with E-state index < -0.39 is 0 Å². The molecule has 1 N–H and O–H groups in total. The van der Waals surface area contributed by atoms with Crippen LogP contribution in [0.4, 0.5) is 0 Å². The van der Waals surface area contributed by atoms with Crippen molar-refractivity contribution in [3.63, 3.8) is 0 Å². The van der Waals surface area contributed by atoms with E-state index in [0.717, 1.165) is 24.2 Å². The van der Waals surface area contributed by atoms with Crippen molar-refractivity contribution in [2.75, 3.05) is 13.2 Å². The molecule has 130 valence electrons. The van der Waals surface area contributed by atoms with Gasteiger partial charge < -0.3 is 19.2 Å².